The highest BCUT2D eigenvalue weighted by atomic mass is 32.2. The van der Waals surface area contributed by atoms with Crippen LogP contribution >= 0.6 is 0 Å². The minimum absolute atomic E-state index is 0.518. The number of nitrogens with two attached hydrogens (primary N) is 1. The Kier molecular flexibility index (Phi) is 3.77. The fourth-order valence-electron chi connectivity index (χ4n) is 3.31. The molecule has 26 heavy (non-hydrogen) atoms. The molecule has 0 bridgehead atoms. The average Bonchev–Trinajstić information content (AvgIpc) is 3.02. The van der Waals surface area contributed by atoms with E-state index in [2.05, 4.69) is 21.9 Å². The van der Waals surface area contributed by atoms with Gasteiger partial charge in [-0.05, 0) is 63.3 Å². The molecule has 5 heteroatoms. The first kappa shape index (κ1) is 16.7. The van der Waals surface area contributed by atoms with Crippen molar-refractivity contribution in [2.24, 2.45) is 0 Å². The number of nitrogens with zero attached hydrogens (tertiary/aromatic N) is 1. The molecule has 0 aliphatic rings. The highest BCUT2D eigenvalue weighted by Gasteiger charge is 2.15. The number of rotatable bonds is 3. The molecule has 0 fully saturated rings. The quantitative estimate of drug-likeness (QED) is 0.419. The van der Waals surface area contributed by atoms with Gasteiger partial charge in [0.1, 0.15) is 5.65 Å². The average molecular weight is 363 g/mol. The van der Waals surface area contributed by atoms with E-state index in [9.17, 15) is 4.21 Å². The van der Waals surface area contributed by atoms with Crippen molar-refractivity contribution in [3.8, 4) is 11.1 Å². The van der Waals surface area contributed by atoms with Crippen LogP contribution in [0, 0.1) is 6.92 Å². The van der Waals surface area contributed by atoms with E-state index in [4.69, 9.17) is 5.73 Å². The van der Waals surface area contributed by atoms with Crippen molar-refractivity contribution >= 4 is 43.0 Å². The third kappa shape index (κ3) is 2.56. The standard InChI is InChI=1S/C21H21N3OS/c1-4-26(3,25)15-7-5-6-14(11-15)16-8-9-18(22)20-19(16)17-10-13(2)12-23-21(17)24-20/h5-12H,3-4,22H2,1-2H3,(H,23,24). The highest BCUT2D eigenvalue weighted by Crippen LogP contribution is 2.37. The number of anilines is 1. The molecule has 2 aromatic carbocycles. The van der Waals surface area contributed by atoms with Gasteiger partial charge in [-0.25, -0.2) is 4.98 Å². The number of aromatic amines is 1. The molecule has 2 heterocycles. The number of hydrogen-bond acceptors (Lipinski definition) is 3. The predicted molar refractivity (Wildman–Crippen MR) is 112 cm³/mol. The van der Waals surface area contributed by atoms with Gasteiger partial charge in [0.2, 0.25) is 0 Å². The second-order valence-electron chi connectivity index (χ2n) is 6.61. The van der Waals surface area contributed by atoms with Crippen molar-refractivity contribution < 1.29 is 4.21 Å². The Labute approximate surface area is 153 Å². The Balaban J connectivity index is 2.07. The van der Waals surface area contributed by atoms with E-state index in [1.165, 1.54) is 0 Å². The summed E-state index contributed by atoms with van der Waals surface area (Å²) in [6, 6.07) is 13.9. The molecule has 132 valence electrons. The van der Waals surface area contributed by atoms with Gasteiger partial charge < -0.3 is 10.7 Å². The molecule has 1 atom stereocenters. The van der Waals surface area contributed by atoms with Crippen molar-refractivity contribution in [1.82, 2.24) is 9.97 Å². The summed E-state index contributed by atoms with van der Waals surface area (Å²) >= 11 is 0. The molecule has 0 saturated heterocycles. The number of fused-ring (bicyclic) bond motifs is 3. The van der Waals surface area contributed by atoms with Crippen LogP contribution in [0.4, 0.5) is 5.69 Å². The van der Waals surface area contributed by atoms with Crippen LogP contribution in [0.5, 0.6) is 0 Å². The lowest BCUT2D eigenvalue weighted by atomic mass is 9.99. The van der Waals surface area contributed by atoms with Gasteiger partial charge in [-0.3, -0.25) is 4.21 Å². The zero-order chi connectivity index (χ0) is 18.5. The largest absolute Gasteiger partial charge is 0.397 e. The molecule has 0 radical (unpaired) electrons. The molecular formula is C21H21N3OS. The monoisotopic (exact) mass is 363 g/mol. The maximum atomic E-state index is 12.7. The van der Waals surface area contributed by atoms with Crippen molar-refractivity contribution in [2.45, 2.75) is 18.7 Å². The number of pyridine rings is 1. The number of aromatic nitrogens is 2. The summed E-state index contributed by atoms with van der Waals surface area (Å²) in [4.78, 5) is 8.61. The Bertz CT molecular complexity index is 1250. The van der Waals surface area contributed by atoms with E-state index in [0.29, 0.717) is 11.4 Å². The van der Waals surface area contributed by atoms with E-state index in [1.54, 1.807) is 0 Å². The normalized spacial score (nSPS) is 13.9. The van der Waals surface area contributed by atoms with Gasteiger partial charge in [0.15, 0.2) is 0 Å². The molecule has 4 nitrogen and oxygen atoms in total. The summed E-state index contributed by atoms with van der Waals surface area (Å²) in [6.07, 6.45) is 1.84. The van der Waals surface area contributed by atoms with Crippen LogP contribution in [0.15, 0.2) is 53.6 Å². The predicted octanol–water partition coefficient (Wildman–Crippen LogP) is 4.37. The molecule has 2 aromatic heterocycles. The zero-order valence-corrected chi connectivity index (χ0v) is 15.7. The van der Waals surface area contributed by atoms with Crippen molar-refractivity contribution in [2.75, 3.05) is 11.5 Å². The topological polar surface area (TPSA) is 71.8 Å². The Morgan fingerprint density at radius 2 is 2.04 bits per heavy atom. The van der Waals surface area contributed by atoms with E-state index in [-0.39, 0.29) is 0 Å². The molecule has 0 saturated carbocycles. The second-order valence-corrected chi connectivity index (χ2v) is 9.29. The lowest BCUT2D eigenvalue weighted by molar-refractivity contribution is 0.682. The maximum absolute atomic E-state index is 12.7. The number of nitrogens with one attached hydrogen (secondary N) is 1. The van der Waals surface area contributed by atoms with Crippen LogP contribution in [0.25, 0.3) is 33.1 Å². The van der Waals surface area contributed by atoms with Gasteiger partial charge in [0, 0.05) is 27.6 Å². The Hall–Kier alpha value is -2.79. The van der Waals surface area contributed by atoms with Crippen molar-refractivity contribution in [1.29, 1.82) is 0 Å². The van der Waals surface area contributed by atoms with Gasteiger partial charge in [-0.15, -0.1) is 0 Å². The SMILES string of the molecule is C=S(=O)(CC)c1cccc(-c2ccc(N)c3[nH]c4ncc(C)cc4c23)c1. The summed E-state index contributed by atoms with van der Waals surface area (Å²) < 4.78 is 12.7. The summed E-state index contributed by atoms with van der Waals surface area (Å²) in [5.41, 5.74) is 11.7. The summed E-state index contributed by atoms with van der Waals surface area (Å²) in [7, 11) is -2.27. The van der Waals surface area contributed by atoms with Gasteiger partial charge >= 0.3 is 0 Å². The van der Waals surface area contributed by atoms with Crippen LogP contribution < -0.4 is 5.73 Å². The molecule has 4 aromatic rings. The molecule has 4 rings (SSSR count). The number of nitrogen functional groups attached to an aromatic ring is 1. The molecule has 1 unspecified atom stereocenters. The van der Waals surface area contributed by atoms with Crippen molar-refractivity contribution in [3.05, 3.63) is 54.2 Å². The number of hydrogen-bond donors (Lipinski definition) is 2. The zero-order valence-electron chi connectivity index (χ0n) is 14.9. The van der Waals surface area contributed by atoms with E-state index >= 15 is 0 Å². The van der Waals surface area contributed by atoms with Crippen LogP contribution in [-0.2, 0) is 9.52 Å². The number of aryl methyl sites for hydroxylation is 1. The first-order chi connectivity index (χ1) is 12.4. The van der Waals surface area contributed by atoms with Gasteiger partial charge in [0.05, 0.1) is 11.2 Å². The lowest BCUT2D eigenvalue weighted by Gasteiger charge is -2.11. The fraction of sp³-hybridized carbons (Fsp3) is 0.143. The first-order valence-electron chi connectivity index (χ1n) is 8.52. The number of H-pyrrole nitrogens is 1. The van der Waals surface area contributed by atoms with E-state index < -0.39 is 9.52 Å². The second kappa shape index (κ2) is 5.88. The molecular weight excluding hydrogens is 342 g/mol. The summed E-state index contributed by atoms with van der Waals surface area (Å²) in [5.74, 6) is 4.43. The summed E-state index contributed by atoms with van der Waals surface area (Å²) in [6.45, 7) is 3.93. The van der Waals surface area contributed by atoms with Crippen LogP contribution in [0.3, 0.4) is 0 Å². The first-order valence-corrected chi connectivity index (χ1v) is 10.4. The van der Waals surface area contributed by atoms with Crippen molar-refractivity contribution in [3.63, 3.8) is 0 Å². The van der Waals surface area contributed by atoms with Gasteiger partial charge in [0.25, 0.3) is 0 Å². The van der Waals surface area contributed by atoms with Gasteiger partial charge in [-0.1, -0.05) is 25.1 Å². The molecule has 0 spiro atoms. The molecule has 0 aliphatic carbocycles. The molecule has 0 aliphatic heterocycles. The Morgan fingerprint density at radius 3 is 2.81 bits per heavy atom. The third-order valence-corrected chi connectivity index (χ3v) is 6.86. The number of benzene rings is 2. The van der Waals surface area contributed by atoms with Gasteiger partial charge in [-0.2, -0.15) is 0 Å². The Morgan fingerprint density at radius 1 is 1.23 bits per heavy atom. The van der Waals surface area contributed by atoms with Crippen LogP contribution in [0.1, 0.15) is 12.5 Å². The molecule has 0 amide bonds. The highest BCUT2D eigenvalue weighted by molar-refractivity contribution is 8.00. The minimum Gasteiger partial charge on any atom is -0.397 e. The maximum Gasteiger partial charge on any atom is 0.138 e. The van der Waals surface area contributed by atoms with Crippen LogP contribution in [0.2, 0.25) is 0 Å². The third-order valence-electron chi connectivity index (χ3n) is 4.82. The molecule has 3 N–H and O–H groups in total. The van der Waals surface area contributed by atoms with E-state index in [0.717, 1.165) is 43.5 Å². The van der Waals surface area contributed by atoms with E-state index in [1.807, 2.05) is 56.4 Å². The fourth-order valence-corrected chi connectivity index (χ4v) is 4.31. The lowest BCUT2D eigenvalue weighted by Crippen LogP contribution is -2.03. The van der Waals surface area contributed by atoms with Crippen LogP contribution in [-0.4, -0.2) is 25.8 Å². The summed E-state index contributed by atoms with van der Waals surface area (Å²) in [5, 5.41) is 2.08. The minimum atomic E-state index is -2.27. The smallest absolute Gasteiger partial charge is 0.138 e.